The van der Waals surface area contributed by atoms with Crippen LogP contribution < -0.4 is 0 Å². The Morgan fingerprint density at radius 3 is 2.21 bits per heavy atom. The molecule has 0 amide bonds. The zero-order valence-electron chi connectivity index (χ0n) is 12.3. The maximum absolute atomic E-state index is 11.6. The second kappa shape index (κ2) is 5.17. The summed E-state index contributed by atoms with van der Waals surface area (Å²) in [6, 6.07) is 7.42. The van der Waals surface area contributed by atoms with E-state index in [1.807, 2.05) is 38.1 Å². The number of aliphatic hydroxyl groups is 1. The molecule has 0 unspecified atom stereocenters. The third-order valence-corrected chi connectivity index (χ3v) is 2.96. The van der Waals surface area contributed by atoms with E-state index in [0.29, 0.717) is 5.57 Å². The molecule has 3 nitrogen and oxygen atoms in total. The van der Waals surface area contributed by atoms with Crippen molar-refractivity contribution in [3.8, 4) is 0 Å². The summed E-state index contributed by atoms with van der Waals surface area (Å²) in [5.74, 6) is -0.418. The Labute approximate surface area is 114 Å². The van der Waals surface area contributed by atoms with Crippen LogP contribution in [0, 0.1) is 0 Å². The molecule has 0 heterocycles. The van der Waals surface area contributed by atoms with E-state index in [-0.39, 0.29) is 0 Å². The lowest BCUT2D eigenvalue weighted by atomic mass is 9.91. The van der Waals surface area contributed by atoms with Crippen molar-refractivity contribution in [3.05, 3.63) is 47.5 Å². The van der Waals surface area contributed by atoms with Crippen LogP contribution in [0.4, 0.5) is 0 Å². The van der Waals surface area contributed by atoms with Crippen molar-refractivity contribution in [3.63, 3.8) is 0 Å². The van der Waals surface area contributed by atoms with Crippen molar-refractivity contribution >= 4 is 5.97 Å². The number of esters is 1. The van der Waals surface area contributed by atoms with E-state index in [2.05, 4.69) is 6.58 Å². The average Bonchev–Trinajstić information content (AvgIpc) is 2.27. The molecular weight excluding hydrogens is 240 g/mol. The minimum atomic E-state index is -0.926. The fourth-order valence-corrected chi connectivity index (χ4v) is 1.65. The largest absolute Gasteiger partial charge is 0.451 e. The third kappa shape index (κ3) is 3.93. The van der Waals surface area contributed by atoms with E-state index in [1.165, 1.54) is 0 Å². The SMILES string of the molecule is C=C(C)C(=O)OC(C)(C)c1cccc(C(C)(C)O)c1. The molecule has 3 heteroatoms. The molecule has 1 aromatic rings. The van der Waals surface area contributed by atoms with E-state index in [4.69, 9.17) is 4.74 Å². The van der Waals surface area contributed by atoms with Crippen LogP contribution in [0.15, 0.2) is 36.4 Å². The molecule has 0 aliphatic rings. The van der Waals surface area contributed by atoms with Crippen LogP contribution in [-0.2, 0) is 20.7 Å². The first-order valence-electron chi connectivity index (χ1n) is 6.26. The summed E-state index contributed by atoms with van der Waals surface area (Å²) in [7, 11) is 0. The molecule has 0 fully saturated rings. The highest BCUT2D eigenvalue weighted by atomic mass is 16.6. The highest BCUT2D eigenvalue weighted by molar-refractivity contribution is 5.87. The van der Waals surface area contributed by atoms with Crippen LogP contribution in [0.1, 0.15) is 45.7 Å². The highest BCUT2D eigenvalue weighted by Crippen LogP contribution is 2.29. The van der Waals surface area contributed by atoms with Crippen LogP contribution >= 0.6 is 0 Å². The van der Waals surface area contributed by atoms with Crippen molar-refractivity contribution < 1.29 is 14.6 Å². The highest BCUT2D eigenvalue weighted by Gasteiger charge is 2.27. The van der Waals surface area contributed by atoms with E-state index in [9.17, 15) is 9.90 Å². The Bertz CT molecular complexity index is 493. The fourth-order valence-electron chi connectivity index (χ4n) is 1.65. The van der Waals surface area contributed by atoms with Crippen LogP contribution in [-0.4, -0.2) is 11.1 Å². The fraction of sp³-hybridized carbons (Fsp3) is 0.438. The second-order valence-electron chi connectivity index (χ2n) is 5.82. The summed E-state index contributed by atoms with van der Waals surface area (Å²) in [5, 5.41) is 10.0. The minimum Gasteiger partial charge on any atom is -0.451 e. The molecule has 1 aromatic carbocycles. The number of hydrogen-bond acceptors (Lipinski definition) is 3. The summed E-state index contributed by atoms with van der Waals surface area (Å²) < 4.78 is 5.43. The van der Waals surface area contributed by atoms with Crippen LogP contribution in [0.25, 0.3) is 0 Å². The molecule has 0 saturated carbocycles. The van der Waals surface area contributed by atoms with E-state index in [1.54, 1.807) is 20.8 Å². The maximum Gasteiger partial charge on any atom is 0.333 e. The van der Waals surface area contributed by atoms with Gasteiger partial charge in [-0.2, -0.15) is 0 Å². The molecule has 19 heavy (non-hydrogen) atoms. The van der Waals surface area contributed by atoms with Crippen LogP contribution in [0.5, 0.6) is 0 Å². The van der Waals surface area contributed by atoms with Gasteiger partial charge >= 0.3 is 5.97 Å². The van der Waals surface area contributed by atoms with Gasteiger partial charge in [0.2, 0.25) is 0 Å². The molecule has 1 N–H and O–H groups in total. The Hall–Kier alpha value is -1.61. The second-order valence-corrected chi connectivity index (χ2v) is 5.82. The average molecular weight is 262 g/mol. The first-order valence-corrected chi connectivity index (χ1v) is 6.26. The molecule has 0 bridgehead atoms. The summed E-state index contributed by atoms with van der Waals surface area (Å²) in [6.07, 6.45) is 0. The number of carbonyl (C=O) groups excluding carboxylic acids is 1. The summed E-state index contributed by atoms with van der Waals surface area (Å²) in [6.45, 7) is 12.3. The van der Waals surface area contributed by atoms with E-state index in [0.717, 1.165) is 11.1 Å². The third-order valence-electron chi connectivity index (χ3n) is 2.96. The maximum atomic E-state index is 11.6. The van der Waals surface area contributed by atoms with Gasteiger partial charge in [0, 0.05) is 5.57 Å². The zero-order valence-corrected chi connectivity index (χ0v) is 12.3. The van der Waals surface area contributed by atoms with Crippen LogP contribution in [0.2, 0.25) is 0 Å². The molecule has 0 aliphatic heterocycles. The Morgan fingerprint density at radius 2 is 1.74 bits per heavy atom. The number of carbonyl (C=O) groups is 1. The minimum absolute atomic E-state index is 0.367. The normalized spacial score (nSPS) is 12.1. The Kier molecular flexibility index (Phi) is 4.21. The number of ether oxygens (including phenoxy) is 1. The zero-order chi connectivity index (χ0) is 14.8. The van der Waals surface area contributed by atoms with Gasteiger partial charge in [0.05, 0.1) is 5.60 Å². The van der Waals surface area contributed by atoms with E-state index >= 15 is 0 Å². The molecule has 0 aromatic heterocycles. The summed E-state index contributed by atoms with van der Waals surface area (Å²) in [4.78, 5) is 11.6. The van der Waals surface area contributed by atoms with Crippen LogP contribution in [0.3, 0.4) is 0 Å². The van der Waals surface area contributed by atoms with Gasteiger partial charge in [-0.3, -0.25) is 0 Å². The first kappa shape index (κ1) is 15.4. The van der Waals surface area contributed by atoms with Gasteiger partial charge in [-0.25, -0.2) is 4.79 Å². The lowest BCUT2D eigenvalue weighted by Gasteiger charge is -2.27. The predicted octanol–water partition coefficient (Wildman–Crippen LogP) is 3.27. The van der Waals surface area contributed by atoms with E-state index < -0.39 is 17.2 Å². The molecular formula is C16H22O3. The Morgan fingerprint density at radius 1 is 1.21 bits per heavy atom. The smallest absolute Gasteiger partial charge is 0.333 e. The molecule has 0 saturated heterocycles. The number of benzene rings is 1. The lowest BCUT2D eigenvalue weighted by molar-refractivity contribution is -0.152. The van der Waals surface area contributed by atoms with Gasteiger partial charge in [0.15, 0.2) is 0 Å². The monoisotopic (exact) mass is 262 g/mol. The molecule has 0 spiro atoms. The standard InChI is InChI=1S/C16H22O3/c1-11(2)14(17)19-16(5,6)13-9-7-8-12(10-13)15(3,4)18/h7-10,18H,1H2,2-6H3. The molecule has 104 valence electrons. The first-order chi connectivity index (χ1) is 8.54. The lowest BCUT2D eigenvalue weighted by Crippen LogP contribution is -2.27. The number of hydrogen-bond donors (Lipinski definition) is 1. The van der Waals surface area contributed by atoms with Gasteiger partial charge < -0.3 is 9.84 Å². The quantitative estimate of drug-likeness (QED) is 0.669. The van der Waals surface area contributed by atoms with Crippen molar-refractivity contribution in [2.45, 2.75) is 45.8 Å². The van der Waals surface area contributed by atoms with Gasteiger partial charge in [-0.1, -0.05) is 24.8 Å². The molecule has 0 aliphatic carbocycles. The van der Waals surface area contributed by atoms with Gasteiger partial charge in [-0.15, -0.1) is 0 Å². The van der Waals surface area contributed by atoms with Crippen molar-refractivity contribution in [1.82, 2.24) is 0 Å². The van der Waals surface area contributed by atoms with Crippen molar-refractivity contribution in [2.75, 3.05) is 0 Å². The van der Waals surface area contributed by atoms with Gasteiger partial charge in [0.1, 0.15) is 5.60 Å². The topological polar surface area (TPSA) is 46.5 Å². The Balaban J connectivity index is 3.08. The van der Waals surface area contributed by atoms with Crippen molar-refractivity contribution in [1.29, 1.82) is 0 Å². The summed E-state index contributed by atoms with van der Waals surface area (Å²) in [5.41, 5.74) is 0.291. The molecule has 1 rings (SSSR count). The summed E-state index contributed by atoms with van der Waals surface area (Å²) >= 11 is 0. The molecule has 0 radical (unpaired) electrons. The molecule has 0 atom stereocenters. The number of rotatable bonds is 4. The predicted molar refractivity (Wildman–Crippen MR) is 75.6 cm³/mol. The van der Waals surface area contributed by atoms with Gasteiger partial charge in [-0.05, 0) is 51.8 Å². The van der Waals surface area contributed by atoms with Gasteiger partial charge in [0.25, 0.3) is 0 Å². The van der Waals surface area contributed by atoms with Crippen molar-refractivity contribution in [2.24, 2.45) is 0 Å².